The molecule has 0 spiro atoms. The van der Waals surface area contributed by atoms with Gasteiger partial charge in [-0.15, -0.1) is 0 Å². The first kappa shape index (κ1) is 17.1. The maximum atomic E-state index is 6.49. The van der Waals surface area contributed by atoms with Crippen molar-refractivity contribution in [2.24, 2.45) is 0 Å². The Morgan fingerprint density at radius 3 is 2.57 bits per heavy atom. The number of nitrogens with two attached hydrogens (primary N) is 1. The van der Waals surface area contributed by atoms with E-state index in [9.17, 15) is 0 Å². The number of allylic oxidation sites excluding steroid dienone is 2. The number of rotatable bonds is 6. The Kier molecular flexibility index (Phi) is 5.45. The summed E-state index contributed by atoms with van der Waals surface area (Å²) in [5.41, 5.74) is 9.04. The van der Waals surface area contributed by atoms with Gasteiger partial charge in [-0.3, -0.25) is 0 Å². The molecule has 122 valence electrons. The quantitative estimate of drug-likeness (QED) is 0.789. The number of benzene rings is 1. The van der Waals surface area contributed by atoms with E-state index in [1.807, 2.05) is 6.92 Å². The zero-order valence-corrected chi connectivity index (χ0v) is 14.4. The number of nitrogens with zero attached hydrogens (tertiary/aromatic N) is 3. The van der Waals surface area contributed by atoms with Crippen LogP contribution in [0.4, 0.5) is 5.95 Å². The maximum Gasteiger partial charge on any atom is 0.224 e. The molecule has 3 N–H and O–H groups in total. The van der Waals surface area contributed by atoms with Crippen LogP contribution in [0.25, 0.3) is 5.82 Å². The van der Waals surface area contributed by atoms with Crippen LogP contribution in [0.2, 0.25) is 0 Å². The molecule has 0 saturated heterocycles. The SMILES string of the molecule is C=C(CC)/C(Cl)=C(/N[C@@H](C)c1ccc(C)cc1)n1ncnc1N. The third-order valence-electron chi connectivity index (χ3n) is 3.66. The Morgan fingerprint density at radius 2 is 2.04 bits per heavy atom. The predicted molar refractivity (Wildman–Crippen MR) is 95.7 cm³/mol. The monoisotopic (exact) mass is 331 g/mol. The normalized spacial score (nSPS) is 13.4. The Labute approximate surface area is 141 Å². The van der Waals surface area contributed by atoms with Gasteiger partial charge >= 0.3 is 0 Å². The minimum Gasteiger partial charge on any atom is -0.368 e. The fourth-order valence-corrected chi connectivity index (χ4v) is 2.37. The first-order valence-corrected chi connectivity index (χ1v) is 7.88. The van der Waals surface area contributed by atoms with Crippen LogP contribution in [0.15, 0.2) is 47.8 Å². The zero-order valence-electron chi connectivity index (χ0n) is 13.7. The molecule has 0 saturated carbocycles. The number of aromatic nitrogens is 3. The van der Waals surface area contributed by atoms with E-state index in [4.69, 9.17) is 17.3 Å². The van der Waals surface area contributed by atoms with Gasteiger partial charge in [0.15, 0.2) is 5.82 Å². The van der Waals surface area contributed by atoms with Crippen LogP contribution in [-0.4, -0.2) is 14.8 Å². The van der Waals surface area contributed by atoms with Crippen molar-refractivity contribution in [2.75, 3.05) is 5.73 Å². The number of nitrogens with one attached hydrogen (secondary N) is 1. The molecule has 0 bridgehead atoms. The van der Waals surface area contributed by atoms with Gasteiger partial charge in [0, 0.05) is 6.04 Å². The summed E-state index contributed by atoms with van der Waals surface area (Å²) in [6.07, 6.45) is 2.13. The molecule has 1 aromatic heterocycles. The molecular weight excluding hydrogens is 310 g/mol. The summed E-state index contributed by atoms with van der Waals surface area (Å²) in [6.45, 7) is 10.1. The van der Waals surface area contributed by atoms with Gasteiger partial charge in [0.25, 0.3) is 0 Å². The van der Waals surface area contributed by atoms with Crippen molar-refractivity contribution in [3.63, 3.8) is 0 Å². The third kappa shape index (κ3) is 3.93. The average Bonchev–Trinajstić information content (AvgIpc) is 2.97. The van der Waals surface area contributed by atoms with Crippen molar-refractivity contribution in [3.8, 4) is 0 Å². The number of anilines is 1. The molecule has 2 rings (SSSR count). The number of aryl methyl sites for hydroxylation is 1. The van der Waals surface area contributed by atoms with Gasteiger partial charge < -0.3 is 11.1 Å². The number of nitrogen functional groups attached to an aromatic ring is 1. The van der Waals surface area contributed by atoms with E-state index in [-0.39, 0.29) is 12.0 Å². The standard InChI is InChI=1S/C17H22ClN5/c1-5-12(3)15(18)16(23-17(19)20-10-21-23)22-13(4)14-8-6-11(2)7-9-14/h6-10,13,22H,3,5H2,1-2,4H3,(H2,19,20,21)/b16-15+/t13-/m0/s1. The Balaban J connectivity index is 2.37. The summed E-state index contributed by atoms with van der Waals surface area (Å²) in [6, 6.07) is 8.34. The van der Waals surface area contributed by atoms with Crippen LogP contribution in [0.5, 0.6) is 0 Å². The van der Waals surface area contributed by atoms with E-state index >= 15 is 0 Å². The first-order valence-electron chi connectivity index (χ1n) is 7.51. The van der Waals surface area contributed by atoms with Crippen LogP contribution in [0, 0.1) is 6.92 Å². The smallest absolute Gasteiger partial charge is 0.224 e. The number of hydrogen-bond acceptors (Lipinski definition) is 4. The van der Waals surface area contributed by atoms with Crippen molar-refractivity contribution in [3.05, 3.63) is 58.9 Å². The van der Waals surface area contributed by atoms with Gasteiger partial charge in [-0.25, -0.2) is 0 Å². The van der Waals surface area contributed by atoms with Gasteiger partial charge in [0.05, 0.1) is 5.03 Å². The van der Waals surface area contributed by atoms with Crippen molar-refractivity contribution in [2.45, 2.75) is 33.2 Å². The highest BCUT2D eigenvalue weighted by atomic mass is 35.5. The van der Waals surface area contributed by atoms with Gasteiger partial charge in [0.2, 0.25) is 5.95 Å². The Bertz CT molecular complexity index is 715. The fourth-order valence-electron chi connectivity index (χ4n) is 2.11. The van der Waals surface area contributed by atoms with E-state index < -0.39 is 0 Å². The molecule has 0 radical (unpaired) electrons. The third-order valence-corrected chi connectivity index (χ3v) is 4.11. The lowest BCUT2D eigenvalue weighted by molar-refractivity contribution is 0.658. The Morgan fingerprint density at radius 1 is 1.39 bits per heavy atom. The molecule has 0 fully saturated rings. The summed E-state index contributed by atoms with van der Waals surface area (Å²) in [5.74, 6) is 0.854. The second kappa shape index (κ2) is 7.33. The zero-order chi connectivity index (χ0) is 17.0. The highest BCUT2D eigenvalue weighted by molar-refractivity contribution is 6.34. The van der Waals surface area contributed by atoms with Crippen LogP contribution < -0.4 is 11.1 Å². The summed E-state index contributed by atoms with van der Waals surface area (Å²) in [7, 11) is 0. The number of hydrogen-bond donors (Lipinski definition) is 2. The first-order chi connectivity index (χ1) is 10.9. The summed E-state index contributed by atoms with van der Waals surface area (Å²) >= 11 is 6.49. The van der Waals surface area contributed by atoms with Crippen LogP contribution in [0.1, 0.15) is 37.4 Å². The fraction of sp³-hybridized carbons (Fsp3) is 0.294. The summed E-state index contributed by atoms with van der Waals surface area (Å²) < 4.78 is 1.49. The van der Waals surface area contributed by atoms with E-state index in [0.29, 0.717) is 10.9 Å². The predicted octanol–water partition coefficient (Wildman–Crippen LogP) is 3.85. The second-order valence-corrected chi connectivity index (χ2v) is 5.80. The van der Waals surface area contributed by atoms with Gasteiger partial charge in [0.1, 0.15) is 6.33 Å². The molecule has 0 amide bonds. The van der Waals surface area contributed by atoms with Gasteiger partial charge in [-0.1, -0.05) is 54.9 Å². The molecule has 1 aromatic carbocycles. The highest BCUT2D eigenvalue weighted by Crippen LogP contribution is 2.25. The largest absolute Gasteiger partial charge is 0.368 e. The molecule has 1 heterocycles. The average molecular weight is 332 g/mol. The van der Waals surface area contributed by atoms with E-state index in [1.54, 1.807) is 0 Å². The molecule has 23 heavy (non-hydrogen) atoms. The Hall–Kier alpha value is -2.27. The topological polar surface area (TPSA) is 68.8 Å². The highest BCUT2D eigenvalue weighted by Gasteiger charge is 2.16. The number of halogens is 1. The molecule has 1 atom stereocenters. The van der Waals surface area contributed by atoms with Crippen LogP contribution in [0.3, 0.4) is 0 Å². The molecule has 0 aliphatic rings. The second-order valence-electron chi connectivity index (χ2n) is 5.43. The minimum atomic E-state index is 0.0209. The molecule has 0 aliphatic carbocycles. The molecule has 2 aromatic rings. The van der Waals surface area contributed by atoms with Crippen LogP contribution in [-0.2, 0) is 0 Å². The molecule has 0 unspecified atom stereocenters. The molecule has 6 heteroatoms. The van der Waals surface area contributed by atoms with Crippen LogP contribution >= 0.6 is 11.6 Å². The maximum absolute atomic E-state index is 6.49. The van der Waals surface area contributed by atoms with Gasteiger partial charge in [-0.05, 0) is 31.4 Å². The van der Waals surface area contributed by atoms with Gasteiger partial charge in [-0.2, -0.15) is 14.8 Å². The van der Waals surface area contributed by atoms with Crippen molar-refractivity contribution in [1.29, 1.82) is 0 Å². The summed E-state index contributed by atoms with van der Waals surface area (Å²) in [4.78, 5) is 3.96. The van der Waals surface area contributed by atoms with Crippen molar-refractivity contribution in [1.82, 2.24) is 20.1 Å². The van der Waals surface area contributed by atoms with E-state index in [1.165, 1.54) is 16.6 Å². The lowest BCUT2D eigenvalue weighted by Gasteiger charge is -2.21. The van der Waals surface area contributed by atoms with E-state index in [2.05, 4.69) is 60.1 Å². The minimum absolute atomic E-state index is 0.0209. The lowest BCUT2D eigenvalue weighted by Crippen LogP contribution is -2.24. The van der Waals surface area contributed by atoms with Crippen molar-refractivity contribution >= 4 is 23.4 Å². The molecular formula is C17H22ClN5. The molecule has 0 aliphatic heterocycles. The summed E-state index contributed by atoms with van der Waals surface area (Å²) in [5, 5.41) is 8.03. The lowest BCUT2D eigenvalue weighted by atomic mass is 10.1. The van der Waals surface area contributed by atoms with E-state index in [0.717, 1.165) is 17.6 Å². The van der Waals surface area contributed by atoms with Crippen molar-refractivity contribution < 1.29 is 0 Å². The molecule has 5 nitrogen and oxygen atoms in total.